The standard InChI is InChI=1S/C18H24ClNO3/c1-13-7-8-14(15(19)11-13)12-16(21)20-18(17(22)23)9-5-3-2-4-6-10-18/h7-8,11H,2-6,9-10,12H2,1H3,(H,20,21)(H,22,23). The minimum atomic E-state index is -1.13. The second-order valence-electron chi connectivity index (χ2n) is 6.47. The van der Waals surface area contributed by atoms with Gasteiger partial charge in [-0.25, -0.2) is 4.79 Å². The van der Waals surface area contributed by atoms with Crippen molar-refractivity contribution in [3.05, 3.63) is 34.3 Å². The lowest BCUT2D eigenvalue weighted by Gasteiger charge is -2.32. The Hall–Kier alpha value is -1.55. The van der Waals surface area contributed by atoms with Crippen molar-refractivity contribution in [1.82, 2.24) is 5.32 Å². The molecular formula is C18H24ClNO3. The van der Waals surface area contributed by atoms with Gasteiger partial charge in [-0.1, -0.05) is 55.8 Å². The zero-order valence-corrected chi connectivity index (χ0v) is 14.3. The Morgan fingerprint density at radius 1 is 1.17 bits per heavy atom. The molecule has 5 heteroatoms. The van der Waals surface area contributed by atoms with Gasteiger partial charge in [-0.2, -0.15) is 0 Å². The quantitative estimate of drug-likeness (QED) is 0.876. The van der Waals surface area contributed by atoms with E-state index in [1.165, 1.54) is 0 Å². The summed E-state index contributed by atoms with van der Waals surface area (Å²) in [6.45, 7) is 1.93. The molecule has 23 heavy (non-hydrogen) atoms. The van der Waals surface area contributed by atoms with Gasteiger partial charge in [-0.3, -0.25) is 4.79 Å². The number of nitrogens with one attached hydrogen (secondary N) is 1. The van der Waals surface area contributed by atoms with E-state index in [0.29, 0.717) is 17.9 Å². The summed E-state index contributed by atoms with van der Waals surface area (Å²) in [7, 11) is 0. The molecule has 1 fully saturated rings. The fourth-order valence-corrected chi connectivity index (χ4v) is 3.48. The van der Waals surface area contributed by atoms with E-state index in [4.69, 9.17) is 11.6 Å². The second-order valence-corrected chi connectivity index (χ2v) is 6.88. The Kier molecular flexibility index (Phi) is 6.05. The Bertz CT molecular complexity index is 578. The lowest BCUT2D eigenvalue weighted by Crippen LogP contribution is -2.55. The molecule has 1 saturated carbocycles. The summed E-state index contributed by atoms with van der Waals surface area (Å²) in [5.41, 5.74) is 0.622. The van der Waals surface area contributed by atoms with E-state index in [0.717, 1.165) is 43.2 Å². The number of aryl methyl sites for hydroxylation is 1. The summed E-state index contributed by atoms with van der Waals surface area (Å²) in [6, 6.07) is 5.53. The average Bonchev–Trinajstić information content (AvgIpc) is 2.45. The maximum atomic E-state index is 12.4. The van der Waals surface area contributed by atoms with Crippen LogP contribution in [0.2, 0.25) is 5.02 Å². The van der Waals surface area contributed by atoms with Crippen molar-refractivity contribution >= 4 is 23.5 Å². The van der Waals surface area contributed by atoms with Crippen molar-refractivity contribution < 1.29 is 14.7 Å². The van der Waals surface area contributed by atoms with Crippen molar-refractivity contribution in [3.63, 3.8) is 0 Å². The van der Waals surface area contributed by atoms with Crippen molar-refractivity contribution in [3.8, 4) is 0 Å². The van der Waals surface area contributed by atoms with Gasteiger partial charge < -0.3 is 10.4 Å². The second kappa shape index (κ2) is 7.82. The summed E-state index contributed by atoms with van der Waals surface area (Å²) in [5.74, 6) is -1.21. The fourth-order valence-electron chi connectivity index (χ4n) is 3.18. The van der Waals surface area contributed by atoms with Crippen LogP contribution in [0.3, 0.4) is 0 Å². The number of benzene rings is 1. The lowest BCUT2D eigenvalue weighted by atomic mass is 9.83. The molecule has 0 atom stereocenters. The number of carbonyl (C=O) groups is 2. The summed E-state index contributed by atoms with van der Waals surface area (Å²) in [6.07, 6.45) is 5.95. The van der Waals surface area contributed by atoms with Crippen molar-refractivity contribution in [2.24, 2.45) is 0 Å². The maximum absolute atomic E-state index is 12.4. The molecule has 0 heterocycles. The molecule has 2 rings (SSSR count). The van der Waals surface area contributed by atoms with Crippen molar-refractivity contribution in [2.45, 2.75) is 63.8 Å². The van der Waals surface area contributed by atoms with E-state index in [1.54, 1.807) is 0 Å². The zero-order valence-electron chi connectivity index (χ0n) is 13.5. The van der Waals surface area contributed by atoms with Gasteiger partial charge in [-0.15, -0.1) is 0 Å². The molecule has 1 aliphatic carbocycles. The predicted molar refractivity (Wildman–Crippen MR) is 90.7 cm³/mol. The summed E-state index contributed by atoms with van der Waals surface area (Å²) in [5, 5.41) is 13.0. The minimum absolute atomic E-state index is 0.105. The molecule has 0 aromatic heterocycles. The van der Waals surface area contributed by atoms with Gasteiger partial charge in [0.25, 0.3) is 0 Å². The molecule has 1 amide bonds. The molecule has 0 bridgehead atoms. The molecule has 1 aromatic rings. The van der Waals surface area contributed by atoms with Crippen molar-refractivity contribution in [1.29, 1.82) is 0 Å². The van der Waals surface area contributed by atoms with E-state index in [9.17, 15) is 14.7 Å². The van der Waals surface area contributed by atoms with Crippen LogP contribution in [0.1, 0.15) is 56.1 Å². The molecule has 1 aromatic carbocycles. The summed E-state index contributed by atoms with van der Waals surface area (Å²) < 4.78 is 0. The smallest absolute Gasteiger partial charge is 0.329 e. The molecule has 2 N–H and O–H groups in total. The number of hydrogen-bond donors (Lipinski definition) is 2. The Morgan fingerprint density at radius 2 is 1.78 bits per heavy atom. The highest BCUT2D eigenvalue weighted by Crippen LogP contribution is 2.27. The topological polar surface area (TPSA) is 66.4 Å². The number of halogens is 1. The Labute approximate surface area is 142 Å². The SMILES string of the molecule is Cc1ccc(CC(=O)NC2(C(=O)O)CCCCCCC2)c(Cl)c1. The van der Waals surface area contributed by atoms with Gasteiger partial charge >= 0.3 is 5.97 Å². The van der Waals surface area contributed by atoms with Crippen molar-refractivity contribution in [2.75, 3.05) is 0 Å². The predicted octanol–water partition coefficient (Wildman–Crippen LogP) is 3.87. The average molecular weight is 338 g/mol. The summed E-state index contributed by atoms with van der Waals surface area (Å²) in [4.78, 5) is 24.2. The number of hydrogen-bond acceptors (Lipinski definition) is 2. The maximum Gasteiger partial charge on any atom is 0.329 e. The first-order valence-corrected chi connectivity index (χ1v) is 8.60. The van der Waals surface area contributed by atoms with E-state index >= 15 is 0 Å². The van der Waals surface area contributed by atoms with Gasteiger partial charge in [0.05, 0.1) is 6.42 Å². The fraction of sp³-hybridized carbons (Fsp3) is 0.556. The first-order valence-electron chi connectivity index (χ1n) is 8.22. The number of carbonyl (C=O) groups excluding carboxylic acids is 1. The molecular weight excluding hydrogens is 314 g/mol. The first kappa shape index (κ1) is 17.8. The number of aliphatic carboxylic acids is 1. The van der Waals surface area contributed by atoms with Crippen LogP contribution >= 0.6 is 11.6 Å². The van der Waals surface area contributed by atoms with E-state index in [2.05, 4.69) is 5.32 Å². The van der Waals surface area contributed by atoms with Crippen LogP contribution < -0.4 is 5.32 Å². The van der Waals surface area contributed by atoms with E-state index < -0.39 is 11.5 Å². The Balaban J connectivity index is 2.09. The van der Waals surface area contributed by atoms with Gasteiger partial charge in [0.15, 0.2) is 0 Å². The lowest BCUT2D eigenvalue weighted by molar-refractivity contribution is -0.148. The molecule has 126 valence electrons. The van der Waals surface area contributed by atoms with Crippen LogP contribution in [-0.2, 0) is 16.0 Å². The highest BCUT2D eigenvalue weighted by Gasteiger charge is 2.39. The Morgan fingerprint density at radius 3 is 2.35 bits per heavy atom. The van der Waals surface area contributed by atoms with Crippen LogP contribution in [0.25, 0.3) is 0 Å². The monoisotopic (exact) mass is 337 g/mol. The van der Waals surface area contributed by atoms with Crippen LogP contribution in [-0.4, -0.2) is 22.5 Å². The molecule has 0 saturated heterocycles. The number of carboxylic acid groups (broad SMARTS) is 1. The molecule has 0 radical (unpaired) electrons. The van der Waals surface area contributed by atoms with Crippen LogP contribution in [0.5, 0.6) is 0 Å². The van der Waals surface area contributed by atoms with Gasteiger partial charge in [0.1, 0.15) is 5.54 Å². The molecule has 4 nitrogen and oxygen atoms in total. The van der Waals surface area contributed by atoms with Gasteiger partial charge in [0.2, 0.25) is 5.91 Å². The van der Waals surface area contributed by atoms with E-state index in [-0.39, 0.29) is 12.3 Å². The molecule has 1 aliphatic rings. The third kappa shape index (κ3) is 4.71. The molecule has 0 aliphatic heterocycles. The molecule has 0 unspecified atom stereocenters. The summed E-state index contributed by atoms with van der Waals surface area (Å²) >= 11 is 6.16. The largest absolute Gasteiger partial charge is 0.480 e. The molecule has 0 spiro atoms. The number of carboxylic acids is 1. The third-order valence-corrected chi connectivity index (χ3v) is 4.91. The normalized spacial score (nSPS) is 17.8. The van der Waals surface area contributed by atoms with Crippen LogP contribution in [0, 0.1) is 6.92 Å². The zero-order chi connectivity index (χ0) is 16.9. The third-order valence-electron chi connectivity index (χ3n) is 4.55. The highest BCUT2D eigenvalue weighted by atomic mass is 35.5. The van der Waals surface area contributed by atoms with E-state index in [1.807, 2.05) is 25.1 Å². The number of amides is 1. The van der Waals surface area contributed by atoms with Crippen LogP contribution in [0.4, 0.5) is 0 Å². The van der Waals surface area contributed by atoms with Gasteiger partial charge in [-0.05, 0) is 37.0 Å². The first-order chi connectivity index (χ1) is 10.9. The van der Waals surface area contributed by atoms with Gasteiger partial charge in [0, 0.05) is 5.02 Å². The highest BCUT2D eigenvalue weighted by molar-refractivity contribution is 6.31. The van der Waals surface area contributed by atoms with Crippen LogP contribution in [0.15, 0.2) is 18.2 Å². The number of rotatable bonds is 4. The minimum Gasteiger partial charge on any atom is -0.480 e.